The van der Waals surface area contributed by atoms with E-state index in [0.29, 0.717) is 0 Å². The molecule has 0 saturated heterocycles. The molecule has 0 aliphatic rings. The molecular formula is C18H17F3N2O2. The summed E-state index contributed by atoms with van der Waals surface area (Å²) in [4.78, 5) is 23.9. The Morgan fingerprint density at radius 2 is 1.80 bits per heavy atom. The number of amides is 2. The van der Waals surface area contributed by atoms with Crippen LogP contribution in [0, 0.1) is 6.92 Å². The number of primary amides is 1. The van der Waals surface area contributed by atoms with E-state index < -0.39 is 29.6 Å². The molecule has 1 atom stereocenters. The fourth-order valence-corrected chi connectivity index (χ4v) is 2.36. The first kappa shape index (κ1) is 18.5. The zero-order chi connectivity index (χ0) is 18.6. The van der Waals surface area contributed by atoms with Crippen molar-refractivity contribution < 1.29 is 22.8 Å². The Morgan fingerprint density at radius 3 is 2.40 bits per heavy atom. The Hall–Kier alpha value is -2.83. The van der Waals surface area contributed by atoms with Gasteiger partial charge in [-0.1, -0.05) is 30.3 Å². The van der Waals surface area contributed by atoms with Crippen LogP contribution in [-0.4, -0.2) is 17.9 Å². The molecular weight excluding hydrogens is 333 g/mol. The molecule has 0 fully saturated rings. The summed E-state index contributed by atoms with van der Waals surface area (Å²) in [7, 11) is 0. The number of hydrogen-bond donors (Lipinski definition) is 2. The Labute approximate surface area is 142 Å². The highest BCUT2D eigenvalue weighted by atomic mass is 19.4. The largest absolute Gasteiger partial charge is 0.416 e. The monoisotopic (exact) mass is 350 g/mol. The number of carbonyl (C=O) groups excluding carboxylic acids is 2. The summed E-state index contributed by atoms with van der Waals surface area (Å²) in [6, 6.07) is 10.2. The number of benzene rings is 2. The summed E-state index contributed by atoms with van der Waals surface area (Å²) < 4.78 is 38.2. The molecule has 0 heterocycles. The van der Waals surface area contributed by atoms with Crippen molar-refractivity contribution in [3.05, 3.63) is 70.8 Å². The highest BCUT2D eigenvalue weighted by Crippen LogP contribution is 2.29. The summed E-state index contributed by atoms with van der Waals surface area (Å²) in [5.41, 5.74) is 5.94. The summed E-state index contributed by atoms with van der Waals surface area (Å²) >= 11 is 0. The van der Waals surface area contributed by atoms with Crippen molar-refractivity contribution in [2.24, 2.45) is 5.73 Å². The summed E-state index contributed by atoms with van der Waals surface area (Å²) in [5.74, 6) is -1.55. The third kappa shape index (κ3) is 4.82. The third-order valence-corrected chi connectivity index (χ3v) is 3.79. The first-order valence-electron chi connectivity index (χ1n) is 7.50. The van der Waals surface area contributed by atoms with Crippen LogP contribution in [-0.2, 0) is 17.4 Å². The number of aryl methyl sites for hydroxylation is 1. The van der Waals surface area contributed by atoms with Gasteiger partial charge in [0.25, 0.3) is 5.91 Å². The zero-order valence-electron chi connectivity index (χ0n) is 13.4. The predicted octanol–water partition coefficient (Wildman–Crippen LogP) is 2.84. The Morgan fingerprint density at radius 1 is 1.12 bits per heavy atom. The lowest BCUT2D eigenvalue weighted by Crippen LogP contribution is -2.46. The van der Waals surface area contributed by atoms with E-state index in [0.717, 1.165) is 29.3 Å². The van der Waals surface area contributed by atoms with Crippen LogP contribution in [0.2, 0.25) is 0 Å². The van der Waals surface area contributed by atoms with Gasteiger partial charge in [0.2, 0.25) is 5.91 Å². The summed E-state index contributed by atoms with van der Waals surface area (Å²) in [6.45, 7) is 1.85. The molecule has 2 aromatic rings. The van der Waals surface area contributed by atoms with Gasteiger partial charge in [-0.3, -0.25) is 9.59 Å². The van der Waals surface area contributed by atoms with Crippen molar-refractivity contribution in [3.8, 4) is 0 Å². The number of hydrogen-bond acceptors (Lipinski definition) is 2. The molecule has 0 saturated carbocycles. The molecule has 7 heteroatoms. The summed E-state index contributed by atoms with van der Waals surface area (Å²) in [5, 5.41) is 2.41. The van der Waals surface area contributed by atoms with E-state index in [4.69, 9.17) is 5.73 Å². The highest BCUT2D eigenvalue weighted by molar-refractivity contribution is 5.97. The molecule has 3 N–H and O–H groups in total. The SMILES string of the molecule is Cc1ccccc1C[C@H](NC(=O)c1cccc(C(F)(F)F)c1)C(N)=O. The second-order valence-electron chi connectivity index (χ2n) is 5.64. The number of alkyl halides is 3. The molecule has 4 nitrogen and oxygen atoms in total. The molecule has 0 bridgehead atoms. The Balaban J connectivity index is 2.18. The first-order valence-corrected chi connectivity index (χ1v) is 7.50. The molecule has 0 aromatic heterocycles. The smallest absolute Gasteiger partial charge is 0.368 e. The molecule has 25 heavy (non-hydrogen) atoms. The highest BCUT2D eigenvalue weighted by Gasteiger charge is 2.31. The lowest BCUT2D eigenvalue weighted by molar-refractivity contribution is -0.137. The van der Waals surface area contributed by atoms with Crippen LogP contribution >= 0.6 is 0 Å². The van der Waals surface area contributed by atoms with E-state index in [-0.39, 0.29) is 12.0 Å². The van der Waals surface area contributed by atoms with Crippen LogP contribution in [0.15, 0.2) is 48.5 Å². The van der Waals surface area contributed by atoms with Gasteiger partial charge >= 0.3 is 6.18 Å². The average molecular weight is 350 g/mol. The van der Waals surface area contributed by atoms with Crippen LogP contribution < -0.4 is 11.1 Å². The Kier molecular flexibility index (Phi) is 5.46. The standard InChI is InChI=1S/C18H17F3N2O2/c1-11-5-2-3-6-12(11)10-15(16(22)24)23-17(25)13-7-4-8-14(9-13)18(19,20)21/h2-9,15H,10H2,1H3,(H2,22,24)(H,23,25)/t15-/m0/s1. The van der Waals surface area contributed by atoms with E-state index in [2.05, 4.69) is 5.32 Å². The lowest BCUT2D eigenvalue weighted by Gasteiger charge is -2.17. The maximum absolute atomic E-state index is 12.7. The van der Waals surface area contributed by atoms with Crippen molar-refractivity contribution in [2.45, 2.75) is 25.6 Å². The van der Waals surface area contributed by atoms with Gasteiger partial charge in [-0.05, 0) is 36.2 Å². The van der Waals surface area contributed by atoms with Crippen LogP contribution in [0.4, 0.5) is 13.2 Å². The van der Waals surface area contributed by atoms with Gasteiger partial charge in [-0.25, -0.2) is 0 Å². The van der Waals surface area contributed by atoms with E-state index in [1.165, 1.54) is 6.07 Å². The van der Waals surface area contributed by atoms with Crippen molar-refractivity contribution in [2.75, 3.05) is 0 Å². The minimum atomic E-state index is -4.56. The van der Waals surface area contributed by atoms with Crippen LogP contribution in [0.25, 0.3) is 0 Å². The third-order valence-electron chi connectivity index (χ3n) is 3.79. The van der Waals surface area contributed by atoms with Gasteiger partial charge in [-0.15, -0.1) is 0 Å². The van der Waals surface area contributed by atoms with E-state index in [1.807, 2.05) is 19.1 Å². The van der Waals surface area contributed by atoms with Gasteiger partial charge in [0.1, 0.15) is 6.04 Å². The number of carbonyl (C=O) groups is 2. The summed E-state index contributed by atoms with van der Waals surface area (Å²) in [6.07, 6.45) is -4.40. The molecule has 0 aliphatic heterocycles. The average Bonchev–Trinajstić information content (AvgIpc) is 2.55. The fraction of sp³-hybridized carbons (Fsp3) is 0.222. The van der Waals surface area contributed by atoms with E-state index in [1.54, 1.807) is 12.1 Å². The number of nitrogens with two attached hydrogens (primary N) is 1. The minimum absolute atomic E-state index is 0.159. The van der Waals surface area contributed by atoms with Crippen LogP contribution in [0.1, 0.15) is 27.0 Å². The normalized spacial score (nSPS) is 12.5. The second kappa shape index (κ2) is 7.38. The maximum Gasteiger partial charge on any atom is 0.416 e. The second-order valence-corrected chi connectivity index (χ2v) is 5.64. The van der Waals surface area contributed by atoms with Gasteiger partial charge in [0, 0.05) is 12.0 Å². The van der Waals surface area contributed by atoms with E-state index in [9.17, 15) is 22.8 Å². The molecule has 0 radical (unpaired) electrons. The van der Waals surface area contributed by atoms with Gasteiger partial charge in [-0.2, -0.15) is 13.2 Å². The molecule has 0 spiro atoms. The van der Waals surface area contributed by atoms with Crippen molar-refractivity contribution in [1.29, 1.82) is 0 Å². The molecule has 0 unspecified atom stereocenters. The first-order chi connectivity index (χ1) is 11.7. The van der Waals surface area contributed by atoms with Crippen LogP contribution in [0.3, 0.4) is 0 Å². The van der Waals surface area contributed by atoms with E-state index >= 15 is 0 Å². The molecule has 2 aromatic carbocycles. The molecule has 2 amide bonds. The van der Waals surface area contributed by atoms with Crippen LogP contribution in [0.5, 0.6) is 0 Å². The van der Waals surface area contributed by atoms with Crippen molar-refractivity contribution >= 4 is 11.8 Å². The number of rotatable bonds is 5. The van der Waals surface area contributed by atoms with Gasteiger partial charge in [0.15, 0.2) is 0 Å². The zero-order valence-corrected chi connectivity index (χ0v) is 13.4. The molecule has 2 rings (SSSR count). The Bertz CT molecular complexity index is 788. The van der Waals surface area contributed by atoms with Crippen molar-refractivity contribution in [1.82, 2.24) is 5.32 Å². The number of halogens is 3. The quantitative estimate of drug-likeness (QED) is 0.870. The van der Waals surface area contributed by atoms with Gasteiger partial charge < -0.3 is 11.1 Å². The molecule has 0 aliphatic carbocycles. The maximum atomic E-state index is 12.7. The number of nitrogens with one attached hydrogen (secondary N) is 1. The molecule has 132 valence electrons. The fourth-order valence-electron chi connectivity index (χ4n) is 2.36. The van der Waals surface area contributed by atoms with Gasteiger partial charge in [0.05, 0.1) is 5.56 Å². The van der Waals surface area contributed by atoms with Crippen molar-refractivity contribution in [3.63, 3.8) is 0 Å². The topological polar surface area (TPSA) is 72.2 Å². The lowest BCUT2D eigenvalue weighted by atomic mass is 10.0. The minimum Gasteiger partial charge on any atom is -0.368 e. The predicted molar refractivity (Wildman–Crippen MR) is 86.8 cm³/mol.